The predicted octanol–water partition coefficient (Wildman–Crippen LogP) is 2.96. The summed E-state index contributed by atoms with van der Waals surface area (Å²) < 4.78 is 75.0. The molecule has 1 aromatic rings. The number of hydrogen-bond donors (Lipinski definition) is 2. The molecule has 16 heteroatoms. The Morgan fingerprint density at radius 3 is 2.10 bits per heavy atom. The van der Waals surface area contributed by atoms with Crippen LogP contribution in [0.1, 0.15) is 31.2 Å². The molecule has 0 spiro atoms. The average Bonchev–Trinajstić information content (AvgIpc) is 3.56. The first-order chi connectivity index (χ1) is 18.1. The highest BCUT2D eigenvalue weighted by Gasteiger charge is 2.43. The highest BCUT2D eigenvalue weighted by molar-refractivity contribution is 5.77. The SMILES string of the molecule is COc1ncccc1CN1C[C@@H]2C[C@H](CC(=O)N3CCCC3)O[C@@H]2C1.O=C(O)C(F)(F)F.O=C(O)C(F)(F)F. The van der Waals surface area contributed by atoms with Crippen LogP contribution in [-0.4, -0.2) is 101 Å². The number of carbonyl (C=O) groups is 3. The van der Waals surface area contributed by atoms with Gasteiger partial charge in [0, 0.05) is 50.4 Å². The first-order valence-electron chi connectivity index (χ1n) is 11.9. The quantitative estimate of drug-likeness (QED) is 0.511. The monoisotopic (exact) mass is 573 g/mol. The summed E-state index contributed by atoms with van der Waals surface area (Å²) in [5.74, 6) is -3.99. The molecule has 3 saturated heterocycles. The Morgan fingerprint density at radius 1 is 1.05 bits per heavy atom. The van der Waals surface area contributed by atoms with Crippen molar-refractivity contribution in [2.45, 2.75) is 56.8 Å². The minimum absolute atomic E-state index is 0.109. The van der Waals surface area contributed by atoms with E-state index in [1.54, 1.807) is 13.3 Å². The lowest BCUT2D eigenvalue weighted by Gasteiger charge is -2.21. The number of ether oxygens (including phenoxy) is 2. The maximum absolute atomic E-state index is 12.3. The molecule has 0 saturated carbocycles. The van der Waals surface area contributed by atoms with Gasteiger partial charge in [-0.05, 0) is 25.3 Å². The second-order valence-corrected chi connectivity index (χ2v) is 9.06. The molecule has 3 aliphatic heterocycles. The van der Waals surface area contributed by atoms with Gasteiger partial charge in [-0.2, -0.15) is 26.3 Å². The number of pyridine rings is 1. The van der Waals surface area contributed by atoms with Gasteiger partial charge < -0.3 is 24.6 Å². The van der Waals surface area contributed by atoms with Crippen molar-refractivity contribution in [2.75, 3.05) is 33.3 Å². The standard InChI is InChI=1S/C19H27N3O3.2C2HF3O2/c1-24-19-14(5-4-6-20-19)11-21-12-15-9-16(25-17(15)13-21)10-18(23)22-7-2-3-8-22;2*3-2(4,5)1(6)7/h4-6,15-17H,2-3,7-13H2,1H3;2*(H,6,7)/t15-,16+,17+;;/m0../s1. The van der Waals surface area contributed by atoms with E-state index in [1.807, 2.05) is 11.0 Å². The molecule has 3 aliphatic rings. The van der Waals surface area contributed by atoms with Crippen molar-refractivity contribution < 1.29 is 60.4 Å². The highest BCUT2D eigenvalue weighted by atomic mass is 19.4. The Balaban J connectivity index is 0.000000317. The number of carbonyl (C=O) groups excluding carboxylic acids is 1. The zero-order valence-electron chi connectivity index (χ0n) is 20.9. The number of amides is 1. The minimum Gasteiger partial charge on any atom is -0.481 e. The molecule has 2 N–H and O–H groups in total. The summed E-state index contributed by atoms with van der Waals surface area (Å²) in [6.07, 6.45) is -4.18. The van der Waals surface area contributed by atoms with Crippen LogP contribution in [0.5, 0.6) is 5.88 Å². The second kappa shape index (κ2) is 13.8. The Morgan fingerprint density at radius 2 is 1.62 bits per heavy atom. The normalized spacial score (nSPS) is 22.7. The molecule has 4 heterocycles. The summed E-state index contributed by atoms with van der Waals surface area (Å²) in [4.78, 5) is 38.8. The summed E-state index contributed by atoms with van der Waals surface area (Å²) in [5.41, 5.74) is 1.12. The van der Waals surface area contributed by atoms with E-state index in [0.717, 1.165) is 57.5 Å². The van der Waals surface area contributed by atoms with Gasteiger partial charge in [-0.15, -0.1) is 0 Å². The van der Waals surface area contributed by atoms with Gasteiger partial charge in [0.15, 0.2) is 0 Å². The number of aliphatic carboxylic acids is 2. The fourth-order valence-corrected chi connectivity index (χ4v) is 4.47. The number of carboxylic acids is 2. The van der Waals surface area contributed by atoms with Crippen molar-refractivity contribution in [1.29, 1.82) is 0 Å². The lowest BCUT2D eigenvalue weighted by Crippen LogP contribution is -2.32. The fraction of sp³-hybridized carbons (Fsp3) is 0.652. The van der Waals surface area contributed by atoms with Gasteiger partial charge in [-0.1, -0.05) is 6.07 Å². The number of methoxy groups -OCH3 is 1. The van der Waals surface area contributed by atoms with Crippen molar-refractivity contribution in [2.24, 2.45) is 5.92 Å². The summed E-state index contributed by atoms with van der Waals surface area (Å²) in [7, 11) is 1.66. The van der Waals surface area contributed by atoms with Gasteiger partial charge in [-0.3, -0.25) is 9.69 Å². The van der Waals surface area contributed by atoms with E-state index < -0.39 is 24.3 Å². The van der Waals surface area contributed by atoms with Crippen LogP contribution in [0.3, 0.4) is 0 Å². The van der Waals surface area contributed by atoms with Gasteiger partial charge in [0.1, 0.15) is 0 Å². The largest absolute Gasteiger partial charge is 0.490 e. The van der Waals surface area contributed by atoms with Gasteiger partial charge in [0.25, 0.3) is 0 Å². The van der Waals surface area contributed by atoms with Crippen molar-refractivity contribution in [3.05, 3.63) is 23.9 Å². The zero-order valence-corrected chi connectivity index (χ0v) is 20.9. The molecular formula is C23H29F6N3O7. The molecule has 1 aromatic heterocycles. The lowest BCUT2D eigenvalue weighted by molar-refractivity contribution is -0.193. The van der Waals surface area contributed by atoms with Gasteiger partial charge in [0.2, 0.25) is 11.8 Å². The van der Waals surface area contributed by atoms with Gasteiger partial charge in [-0.25, -0.2) is 14.6 Å². The third-order valence-corrected chi connectivity index (χ3v) is 6.17. The smallest absolute Gasteiger partial charge is 0.481 e. The van der Waals surface area contributed by atoms with Crippen molar-refractivity contribution in [3.8, 4) is 5.88 Å². The van der Waals surface area contributed by atoms with E-state index >= 15 is 0 Å². The Labute approximate surface area is 219 Å². The van der Waals surface area contributed by atoms with E-state index in [1.165, 1.54) is 0 Å². The summed E-state index contributed by atoms with van der Waals surface area (Å²) in [6, 6.07) is 4.02. The molecule has 0 aromatic carbocycles. The summed E-state index contributed by atoms with van der Waals surface area (Å²) in [5, 5.41) is 14.2. The molecule has 0 unspecified atom stereocenters. The number of aromatic nitrogens is 1. The van der Waals surface area contributed by atoms with E-state index in [2.05, 4.69) is 16.0 Å². The van der Waals surface area contributed by atoms with E-state index in [9.17, 15) is 31.1 Å². The lowest BCUT2D eigenvalue weighted by atomic mass is 10.0. The Hall–Kier alpha value is -3.14. The van der Waals surface area contributed by atoms with Crippen LogP contribution in [0.2, 0.25) is 0 Å². The van der Waals surface area contributed by atoms with E-state index in [4.69, 9.17) is 29.3 Å². The molecule has 4 rings (SSSR count). The number of rotatable bonds is 5. The van der Waals surface area contributed by atoms with Crippen LogP contribution >= 0.6 is 0 Å². The molecule has 3 atom stereocenters. The molecular weight excluding hydrogens is 544 g/mol. The molecule has 10 nitrogen and oxygen atoms in total. The van der Waals surface area contributed by atoms with Gasteiger partial charge >= 0.3 is 24.3 Å². The van der Waals surface area contributed by atoms with Crippen molar-refractivity contribution >= 4 is 17.8 Å². The van der Waals surface area contributed by atoms with Crippen LogP contribution in [0.4, 0.5) is 26.3 Å². The number of nitrogens with zero attached hydrogens (tertiary/aromatic N) is 3. The number of likely N-dealkylation sites (tertiary alicyclic amines) is 2. The first-order valence-corrected chi connectivity index (χ1v) is 11.9. The van der Waals surface area contributed by atoms with Crippen LogP contribution in [0.25, 0.3) is 0 Å². The van der Waals surface area contributed by atoms with Crippen LogP contribution in [-0.2, 0) is 25.7 Å². The van der Waals surface area contributed by atoms with E-state index in [0.29, 0.717) is 18.2 Å². The predicted molar refractivity (Wildman–Crippen MR) is 121 cm³/mol. The van der Waals surface area contributed by atoms with Crippen LogP contribution in [0, 0.1) is 5.92 Å². The maximum Gasteiger partial charge on any atom is 0.490 e. The fourth-order valence-electron chi connectivity index (χ4n) is 4.47. The van der Waals surface area contributed by atoms with Crippen molar-refractivity contribution in [3.63, 3.8) is 0 Å². The van der Waals surface area contributed by atoms with Gasteiger partial charge in [0.05, 0.1) is 25.7 Å². The molecule has 220 valence electrons. The molecule has 3 fully saturated rings. The first kappa shape index (κ1) is 32.1. The second-order valence-electron chi connectivity index (χ2n) is 9.06. The maximum atomic E-state index is 12.3. The molecule has 39 heavy (non-hydrogen) atoms. The number of carboxylic acid groups (broad SMARTS) is 2. The zero-order chi connectivity index (χ0) is 29.4. The number of fused-ring (bicyclic) bond motifs is 1. The van der Waals surface area contributed by atoms with Crippen LogP contribution in [0.15, 0.2) is 18.3 Å². The molecule has 1 amide bonds. The average molecular weight is 573 g/mol. The molecule has 0 radical (unpaired) electrons. The highest BCUT2D eigenvalue weighted by Crippen LogP contribution is 2.35. The summed E-state index contributed by atoms with van der Waals surface area (Å²) >= 11 is 0. The summed E-state index contributed by atoms with van der Waals surface area (Å²) in [6.45, 7) is 4.65. The molecule has 0 aliphatic carbocycles. The minimum atomic E-state index is -5.08. The van der Waals surface area contributed by atoms with Crippen LogP contribution < -0.4 is 4.74 Å². The topological polar surface area (TPSA) is 130 Å². The van der Waals surface area contributed by atoms with Crippen molar-refractivity contribution in [1.82, 2.24) is 14.8 Å². The number of halogens is 6. The van der Waals surface area contributed by atoms with E-state index in [-0.39, 0.29) is 18.1 Å². The Bertz CT molecular complexity index is 948. The third-order valence-electron chi connectivity index (χ3n) is 6.17. The molecule has 0 bridgehead atoms. The number of hydrogen-bond acceptors (Lipinski definition) is 7. The third kappa shape index (κ3) is 10.2. The number of alkyl halides is 6. The Kier molecular flexibility index (Phi) is 11.3.